The zero-order valence-electron chi connectivity index (χ0n) is 12.3. The molecule has 1 aromatic heterocycles. The number of hydrogen-bond acceptors (Lipinski definition) is 3. The van der Waals surface area contributed by atoms with E-state index in [9.17, 15) is 0 Å². The monoisotopic (exact) mass is 262 g/mol. The predicted molar refractivity (Wildman–Crippen MR) is 77.0 cm³/mol. The van der Waals surface area contributed by atoms with E-state index < -0.39 is 0 Å². The van der Waals surface area contributed by atoms with E-state index in [0.717, 1.165) is 24.7 Å². The summed E-state index contributed by atoms with van der Waals surface area (Å²) >= 11 is 0. The summed E-state index contributed by atoms with van der Waals surface area (Å²) in [6, 6.07) is 4.87. The summed E-state index contributed by atoms with van der Waals surface area (Å²) in [6.07, 6.45) is 7.29. The minimum Gasteiger partial charge on any atom is -0.311 e. The molecule has 1 N–H and O–H groups in total. The maximum Gasteiger partial charge on any atom is 0.0527 e. The van der Waals surface area contributed by atoms with Crippen LogP contribution < -0.4 is 5.32 Å². The SMILES string of the molecule is CC(C)n1nccc1CN(C)C1CC2CCC(C1)N2. The first kappa shape index (κ1) is 13.1. The highest BCUT2D eigenvalue weighted by Crippen LogP contribution is 2.29. The summed E-state index contributed by atoms with van der Waals surface area (Å²) < 4.78 is 2.15. The average Bonchev–Trinajstić information content (AvgIpc) is 2.96. The number of nitrogens with one attached hydrogen (secondary N) is 1. The molecule has 0 spiro atoms. The van der Waals surface area contributed by atoms with Crippen LogP contribution in [0.15, 0.2) is 12.3 Å². The Morgan fingerprint density at radius 2 is 2.05 bits per heavy atom. The Morgan fingerprint density at radius 1 is 1.37 bits per heavy atom. The third-order valence-corrected chi connectivity index (χ3v) is 4.72. The Labute approximate surface area is 116 Å². The molecule has 0 aliphatic carbocycles. The molecule has 2 aliphatic rings. The van der Waals surface area contributed by atoms with Crippen molar-refractivity contribution in [1.29, 1.82) is 0 Å². The second-order valence-corrected chi connectivity index (χ2v) is 6.54. The van der Waals surface area contributed by atoms with Gasteiger partial charge >= 0.3 is 0 Å². The number of nitrogens with zero attached hydrogens (tertiary/aromatic N) is 3. The molecule has 0 amide bonds. The Balaban J connectivity index is 1.64. The molecule has 2 atom stereocenters. The van der Waals surface area contributed by atoms with Gasteiger partial charge in [0.25, 0.3) is 0 Å². The van der Waals surface area contributed by atoms with Crippen LogP contribution in [0.5, 0.6) is 0 Å². The van der Waals surface area contributed by atoms with Crippen molar-refractivity contribution in [1.82, 2.24) is 20.0 Å². The van der Waals surface area contributed by atoms with Crippen LogP contribution in [0.3, 0.4) is 0 Å². The molecule has 2 aliphatic heterocycles. The smallest absolute Gasteiger partial charge is 0.0527 e. The van der Waals surface area contributed by atoms with E-state index >= 15 is 0 Å². The minimum atomic E-state index is 0.447. The fourth-order valence-electron chi connectivity index (χ4n) is 3.70. The Hall–Kier alpha value is -0.870. The van der Waals surface area contributed by atoms with Crippen LogP contribution in [0.4, 0.5) is 0 Å². The lowest BCUT2D eigenvalue weighted by Gasteiger charge is -2.35. The molecule has 106 valence electrons. The molecule has 0 aromatic carbocycles. The van der Waals surface area contributed by atoms with E-state index in [4.69, 9.17) is 0 Å². The fourth-order valence-corrected chi connectivity index (χ4v) is 3.70. The number of piperidine rings is 1. The van der Waals surface area contributed by atoms with Crippen LogP contribution in [0, 0.1) is 0 Å². The lowest BCUT2D eigenvalue weighted by molar-refractivity contribution is 0.161. The molecule has 4 nitrogen and oxygen atoms in total. The van der Waals surface area contributed by atoms with Gasteiger partial charge in [-0.05, 0) is 52.6 Å². The van der Waals surface area contributed by atoms with Crippen molar-refractivity contribution in [2.24, 2.45) is 0 Å². The van der Waals surface area contributed by atoms with Gasteiger partial charge in [-0.3, -0.25) is 9.58 Å². The first-order valence-electron chi connectivity index (χ1n) is 7.62. The number of rotatable bonds is 4. The first-order chi connectivity index (χ1) is 9.13. The lowest BCUT2D eigenvalue weighted by atomic mass is 9.98. The van der Waals surface area contributed by atoms with E-state index in [1.807, 2.05) is 6.20 Å². The maximum atomic E-state index is 4.43. The van der Waals surface area contributed by atoms with Gasteiger partial charge in [-0.2, -0.15) is 5.10 Å². The lowest BCUT2D eigenvalue weighted by Crippen LogP contribution is -2.46. The molecule has 2 bridgehead atoms. The summed E-state index contributed by atoms with van der Waals surface area (Å²) in [7, 11) is 2.27. The minimum absolute atomic E-state index is 0.447. The Morgan fingerprint density at radius 3 is 2.68 bits per heavy atom. The summed E-state index contributed by atoms with van der Waals surface area (Å²) in [5.41, 5.74) is 1.34. The third kappa shape index (κ3) is 2.70. The van der Waals surface area contributed by atoms with Crippen molar-refractivity contribution in [3.05, 3.63) is 18.0 Å². The number of fused-ring (bicyclic) bond motifs is 2. The van der Waals surface area contributed by atoms with Gasteiger partial charge in [-0.25, -0.2) is 0 Å². The summed E-state index contributed by atoms with van der Waals surface area (Å²) in [4.78, 5) is 2.53. The first-order valence-corrected chi connectivity index (χ1v) is 7.62. The van der Waals surface area contributed by atoms with Gasteiger partial charge in [-0.1, -0.05) is 0 Å². The zero-order valence-corrected chi connectivity index (χ0v) is 12.3. The molecular weight excluding hydrogens is 236 g/mol. The zero-order chi connectivity index (χ0) is 13.4. The molecule has 2 saturated heterocycles. The molecule has 0 radical (unpaired) electrons. The van der Waals surface area contributed by atoms with Crippen LogP contribution in [0.25, 0.3) is 0 Å². The molecule has 0 saturated carbocycles. The van der Waals surface area contributed by atoms with Crippen LogP contribution in [-0.4, -0.2) is 39.9 Å². The van der Waals surface area contributed by atoms with Crippen molar-refractivity contribution in [3.8, 4) is 0 Å². The second-order valence-electron chi connectivity index (χ2n) is 6.54. The molecule has 3 heterocycles. The van der Waals surface area contributed by atoms with Crippen molar-refractivity contribution in [2.75, 3.05) is 7.05 Å². The molecule has 3 rings (SSSR count). The highest BCUT2D eigenvalue weighted by atomic mass is 15.3. The van der Waals surface area contributed by atoms with Crippen molar-refractivity contribution in [2.45, 2.75) is 70.2 Å². The van der Waals surface area contributed by atoms with E-state index in [1.54, 1.807) is 0 Å². The summed E-state index contributed by atoms with van der Waals surface area (Å²) in [5, 5.41) is 8.15. The molecule has 1 aromatic rings. The van der Waals surface area contributed by atoms with Crippen LogP contribution in [0.1, 0.15) is 51.3 Å². The molecule has 2 fully saturated rings. The Bertz CT molecular complexity index is 414. The van der Waals surface area contributed by atoms with Crippen LogP contribution in [-0.2, 0) is 6.54 Å². The number of aromatic nitrogens is 2. The fraction of sp³-hybridized carbons (Fsp3) is 0.800. The van der Waals surface area contributed by atoms with Crippen molar-refractivity contribution < 1.29 is 0 Å². The van der Waals surface area contributed by atoms with Gasteiger partial charge in [0, 0.05) is 36.9 Å². The highest BCUT2D eigenvalue weighted by molar-refractivity contribution is 5.03. The van der Waals surface area contributed by atoms with Gasteiger partial charge in [0.1, 0.15) is 0 Å². The third-order valence-electron chi connectivity index (χ3n) is 4.72. The maximum absolute atomic E-state index is 4.43. The molecule has 4 heteroatoms. The molecular formula is C15H26N4. The Kier molecular flexibility index (Phi) is 3.63. The van der Waals surface area contributed by atoms with Gasteiger partial charge in [0.2, 0.25) is 0 Å². The highest BCUT2D eigenvalue weighted by Gasteiger charge is 2.35. The van der Waals surface area contributed by atoms with Gasteiger partial charge in [0.15, 0.2) is 0 Å². The van der Waals surface area contributed by atoms with E-state index in [0.29, 0.717) is 6.04 Å². The van der Waals surface area contributed by atoms with Crippen molar-refractivity contribution in [3.63, 3.8) is 0 Å². The van der Waals surface area contributed by atoms with Gasteiger partial charge in [-0.15, -0.1) is 0 Å². The largest absolute Gasteiger partial charge is 0.311 e. The van der Waals surface area contributed by atoms with Crippen LogP contribution >= 0.6 is 0 Å². The van der Waals surface area contributed by atoms with E-state index in [-0.39, 0.29) is 0 Å². The van der Waals surface area contributed by atoms with E-state index in [2.05, 4.69) is 47.0 Å². The second kappa shape index (κ2) is 5.25. The topological polar surface area (TPSA) is 33.1 Å². The quantitative estimate of drug-likeness (QED) is 0.903. The normalized spacial score (nSPS) is 30.5. The average molecular weight is 262 g/mol. The summed E-state index contributed by atoms with van der Waals surface area (Å²) in [5.74, 6) is 0. The van der Waals surface area contributed by atoms with Gasteiger partial charge in [0.05, 0.1) is 5.69 Å². The molecule has 2 unspecified atom stereocenters. The van der Waals surface area contributed by atoms with E-state index in [1.165, 1.54) is 31.4 Å². The number of hydrogen-bond donors (Lipinski definition) is 1. The molecule has 19 heavy (non-hydrogen) atoms. The van der Waals surface area contributed by atoms with Crippen molar-refractivity contribution >= 4 is 0 Å². The van der Waals surface area contributed by atoms with Crippen LogP contribution in [0.2, 0.25) is 0 Å². The predicted octanol–water partition coefficient (Wildman–Crippen LogP) is 2.18. The standard InChI is InChI=1S/C15H26N4/c1-11(2)19-14(6-7-16-19)10-18(3)15-8-12-4-5-13(9-15)17-12/h6-7,11-13,15,17H,4-5,8-10H2,1-3H3. The summed E-state index contributed by atoms with van der Waals surface area (Å²) in [6.45, 7) is 5.41. The van der Waals surface area contributed by atoms with Gasteiger partial charge < -0.3 is 5.32 Å².